The number of carbonyl (C=O) groups excluding carboxylic acids is 1. The normalized spacial score (nSPS) is 16.1. The van der Waals surface area contributed by atoms with Gasteiger partial charge in [-0.1, -0.05) is 0 Å². The van der Waals surface area contributed by atoms with E-state index in [1.54, 1.807) is 18.3 Å². The van der Waals surface area contributed by atoms with Gasteiger partial charge in [-0.05, 0) is 47.3 Å². The summed E-state index contributed by atoms with van der Waals surface area (Å²) in [5.74, 6) is -0.301. The lowest BCUT2D eigenvalue weighted by Crippen LogP contribution is -2.19. The third-order valence-electron chi connectivity index (χ3n) is 3.27. The van der Waals surface area contributed by atoms with Gasteiger partial charge in [-0.15, -0.1) is 0 Å². The molecular weight excluding hydrogens is 322 g/mol. The Morgan fingerprint density at radius 2 is 2.15 bits per heavy atom. The Kier molecular flexibility index (Phi) is 3.40. The highest BCUT2D eigenvalue weighted by atomic mass is 79.9. The summed E-state index contributed by atoms with van der Waals surface area (Å²) in [5.41, 5.74) is 2.79. The van der Waals surface area contributed by atoms with E-state index in [1.807, 2.05) is 0 Å². The van der Waals surface area contributed by atoms with Gasteiger partial charge in [0.05, 0.1) is 5.71 Å². The minimum absolute atomic E-state index is 0.121. The van der Waals surface area contributed by atoms with Crippen molar-refractivity contribution in [3.05, 3.63) is 56.2 Å². The SMILES string of the molecule is O=C(N=C1CCCc2[nH]c(=O)ccc21)c1cc(Br)c[nH]1. The van der Waals surface area contributed by atoms with Crippen LogP contribution >= 0.6 is 15.9 Å². The van der Waals surface area contributed by atoms with Crippen molar-refractivity contribution in [2.75, 3.05) is 0 Å². The van der Waals surface area contributed by atoms with Crippen molar-refractivity contribution in [1.29, 1.82) is 0 Å². The number of aliphatic imine (C=N–C) groups is 1. The van der Waals surface area contributed by atoms with Crippen molar-refractivity contribution in [2.45, 2.75) is 19.3 Å². The van der Waals surface area contributed by atoms with Crippen LogP contribution in [0.15, 0.2) is 38.7 Å². The molecule has 0 unspecified atom stereocenters. The first-order valence-electron chi connectivity index (χ1n) is 6.32. The van der Waals surface area contributed by atoms with E-state index in [4.69, 9.17) is 0 Å². The van der Waals surface area contributed by atoms with Crippen LogP contribution in [0.1, 0.15) is 34.6 Å². The van der Waals surface area contributed by atoms with Crippen molar-refractivity contribution in [3.8, 4) is 0 Å². The molecule has 2 N–H and O–H groups in total. The smallest absolute Gasteiger partial charge is 0.293 e. The molecule has 0 saturated carbocycles. The first kappa shape index (κ1) is 13.1. The topological polar surface area (TPSA) is 78.1 Å². The highest BCUT2D eigenvalue weighted by molar-refractivity contribution is 9.10. The van der Waals surface area contributed by atoms with Gasteiger partial charge in [-0.25, -0.2) is 4.99 Å². The quantitative estimate of drug-likeness (QED) is 0.840. The van der Waals surface area contributed by atoms with Gasteiger partial charge < -0.3 is 9.97 Å². The van der Waals surface area contributed by atoms with Gasteiger partial charge in [0, 0.05) is 28.0 Å². The zero-order valence-electron chi connectivity index (χ0n) is 10.6. The molecule has 3 rings (SSSR count). The Morgan fingerprint density at radius 3 is 2.90 bits per heavy atom. The van der Waals surface area contributed by atoms with E-state index in [2.05, 4.69) is 30.9 Å². The molecule has 2 heterocycles. The molecule has 5 nitrogen and oxygen atoms in total. The van der Waals surface area contributed by atoms with E-state index in [1.165, 1.54) is 6.07 Å². The van der Waals surface area contributed by atoms with Gasteiger partial charge in [0.2, 0.25) is 5.56 Å². The number of nitrogens with one attached hydrogen (secondary N) is 2. The van der Waals surface area contributed by atoms with Crippen molar-refractivity contribution < 1.29 is 4.79 Å². The molecule has 1 amide bonds. The Morgan fingerprint density at radius 1 is 1.30 bits per heavy atom. The van der Waals surface area contributed by atoms with Crippen LogP contribution in [0.25, 0.3) is 0 Å². The fourth-order valence-electron chi connectivity index (χ4n) is 2.34. The van der Waals surface area contributed by atoms with E-state index in [0.717, 1.165) is 40.7 Å². The number of H-pyrrole nitrogens is 2. The summed E-state index contributed by atoms with van der Waals surface area (Å²) >= 11 is 3.29. The molecule has 2 aromatic heterocycles. The van der Waals surface area contributed by atoms with Gasteiger partial charge >= 0.3 is 0 Å². The molecule has 0 fully saturated rings. The van der Waals surface area contributed by atoms with Crippen molar-refractivity contribution in [3.63, 3.8) is 0 Å². The van der Waals surface area contributed by atoms with E-state index < -0.39 is 0 Å². The minimum atomic E-state index is -0.301. The summed E-state index contributed by atoms with van der Waals surface area (Å²) in [6.45, 7) is 0. The van der Waals surface area contributed by atoms with Crippen LogP contribution in [0.5, 0.6) is 0 Å². The number of hydrogen-bond acceptors (Lipinski definition) is 2. The van der Waals surface area contributed by atoms with Gasteiger partial charge in [-0.2, -0.15) is 0 Å². The second kappa shape index (κ2) is 5.20. The lowest BCUT2D eigenvalue weighted by Gasteiger charge is -2.16. The molecule has 20 heavy (non-hydrogen) atoms. The lowest BCUT2D eigenvalue weighted by atomic mass is 9.94. The average Bonchev–Trinajstić information content (AvgIpc) is 2.85. The molecule has 102 valence electrons. The van der Waals surface area contributed by atoms with Gasteiger partial charge in [0.25, 0.3) is 5.91 Å². The van der Waals surface area contributed by atoms with Crippen LogP contribution < -0.4 is 5.56 Å². The number of pyridine rings is 1. The average molecular weight is 334 g/mol. The number of hydrogen-bond donors (Lipinski definition) is 2. The lowest BCUT2D eigenvalue weighted by molar-refractivity contribution is 0.0998. The predicted octanol–water partition coefficient (Wildman–Crippen LogP) is 2.43. The second-order valence-electron chi connectivity index (χ2n) is 4.66. The number of aromatic nitrogens is 2. The van der Waals surface area contributed by atoms with Crippen molar-refractivity contribution in [1.82, 2.24) is 9.97 Å². The largest absolute Gasteiger partial charge is 0.356 e. The maximum atomic E-state index is 12.1. The number of carbonyl (C=O) groups is 1. The molecule has 6 heteroatoms. The standard InChI is InChI=1S/C14H12BrN3O2/c15-8-6-12(16-7-8)14(20)18-11-3-1-2-10-9(11)4-5-13(19)17-10/h4-7,16H,1-3H2,(H,17,19). The van der Waals surface area contributed by atoms with Crippen LogP contribution in [-0.4, -0.2) is 21.6 Å². The first-order valence-corrected chi connectivity index (χ1v) is 7.11. The Labute approximate surface area is 123 Å². The van der Waals surface area contributed by atoms with Crippen LogP contribution in [0.2, 0.25) is 0 Å². The predicted molar refractivity (Wildman–Crippen MR) is 79.4 cm³/mol. The van der Waals surface area contributed by atoms with E-state index >= 15 is 0 Å². The number of nitrogens with zero attached hydrogens (tertiary/aromatic N) is 1. The molecule has 0 radical (unpaired) electrons. The Balaban J connectivity index is 1.98. The molecular formula is C14H12BrN3O2. The Hall–Kier alpha value is -1.95. The van der Waals surface area contributed by atoms with E-state index in [-0.39, 0.29) is 11.5 Å². The van der Waals surface area contributed by atoms with Crippen LogP contribution in [0, 0.1) is 0 Å². The third kappa shape index (κ3) is 2.51. The summed E-state index contributed by atoms with van der Waals surface area (Å²) in [6, 6.07) is 4.91. The highest BCUT2D eigenvalue weighted by Gasteiger charge is 2.18. The summed E-state index contributed by atoms with van der Waals surface area (Å²) in [7, 11) is 0. The fraction of sp³-hybridized carbons (Fsp3) is 0.214. The summed E-state index contributed by atoms with van der Waals surface area (Å²) in [6.07, 6.45) is 4.13. The monoisotopic (exact) mass is 333 g/mol. The Bertz CT molecular complexity index is 758. The molecule has 0 spiro atoms. The highest BCUT2D eigenvalue weighted by Crippen LogP contribution is 2.20. The van der Waals surface area contributed by atoms with Gasteiger partial charge in [0.15, 0.2) is 0 Å². The molecule has 0 bridgehead atoms. The molecule has 0 saturated heterocycles. The second-order valence-corrected chi connectivity index (χ2v) is 5.58. The number of rotatable bonds is 1. The maximum absolute atomic E-state index is 12.1. The fourth-order valence-corrected chi connectivity index (χ4v) is 2.69. The van der Waals surface area contributed by atoms with E-state index in [0.29, 0.717) is 5.69 Å². The van der Waals surface area contributed by atoms with Crippen LogP contribution in [0.3, 0.4) is 0 Å². The molecule has 1 aliphatic carbocycles. The number of aryl methyl sites for hydroxylation is 1. The number of amides is 1. The third-order valence-corrected chi connectivity index (χ3v) is 3.72. The molecule has 0 atom stereocenters. The number of fused-ring (bicyclic) bond motifs is 1. The van der Waals surface area contributed by atoms with Crippen molar-refractivity contribution in [2.24, 2.45) is 4.99 Å². The summed E-state index contributed by atoms with van der Waals surface area (Å²) in [5, 5.41) is 0. The van der Waals surface area contributed by atoms with Gasteiger partial charge in [-0.3, -0.25) is 9.59 Å². The molecule has 0 aliphatic heterocycles. The zero-order chi connectivity index (χ0) is 14.1. The maximum Gasteiger partial charge on any atom is 0.293 e. The van der Waals surface area contributed by atoms with Crippen LogP contribution in [-0.2, 0) is 6.42 Å². The van der Waals surface area contributed by atoms with Crippen LogP contribution in [0.4, 0.5) is 0 Å². The summed E-state index contributed by atoms with van der Waals surface area (Å²) < 4.78 is 0.814. The van der Waals surface area contributed by atoms with E-state index in [9.17, 15) is 9.59 Å². The molecule has 1 aliphatic rings. The number of halogens is 1. The first-order chi connectivity index (χ1) is 9.63. The molecule has 0 aromatic carbocycles. The number of aromatic amines is 2. The van der Waals surface area contributed by atoms with Gasteiger partial charge in [0.1, 0.15) is 5.69 Å². The zero-order valence-corrected chi connectivity index (χ0v) is 12.2. The molecule has 2 aromatic rings. The summed E-state index contributed by atoms with van der Waals surface area (Å²) in [4.78, 5) is 33.3. The minimum Gasteiger partial charge on any atom is -0.356 e. The van der Waals surface area contributed by atoms with Crippen molar-refractivity contribution >= 4 is 27.5 Å².